The molecule has 0 aliphatic carbocycles. The fraction of sp³-hybridized carbons (Fsp3) is 0.0667. The number of hydrogen-bond acceptors (Lipinski definition) is 2. The summed E-state index contributed by atoms with van der Waals surface area (Å²) in [7, 11) is 0. The fourth-order valence-electron chi connectivity index (χ4n) is 2.59. The van der Waals surface area contributed by atoms with E-state index in [0.29, 0.717) is 0 Å². The normalized spacial score (nSPS) is 11.6. The lowest BCUT2D eigenvalue weighted by Gasteiger charge is -2.07. The molecule has 0 fully saturated rings. The molecule has 2 aromatic heterocycles. The van der Waals surface area contributed by atoms with Crippen LogP contribution in [0.1, 0.15) is 5.56 Å². The number of fused-ring (bicyclic) bond motifs is 6. The van der Waals surface area contributed by atoms with Crippen molar-refractivity contribution in [1.82, 2.24) is 14.8 Å². The molecule has 0 atom stereocenters. The van der Waals surface area contributed by atoms with Gasteiger partial charge in [-0.05, 0) is 18.4 Å². The third kappa shape index (κ3) is 1.13. The third-order valence-electron chi connectivity index (χ3n) is 3.42. The smallest absolute Gasteiger partial charge is 0.0950 e. The largest absolute Gasteiger partial charge is 0.212 e. The van der Waals surface area contributed by atoms with E-state index in [-0.39, 0.29) is 0 Å². The number of aromatic nitrogens is 3. The molecular formula is C15H11N3. The molecule has 0 aliphatic heterocycles. The molecule has 0 amide bonds. The van der Waals surface area contributed by atoms with Crippen molar-refractivity contribution in [3.05, 3.63) is 54.2 Å². The first kappa shape index (κ1) is 9.59. The molecule has 2 aromatic carbocycles. The van der Waals surface area contributed by atoms with Gasteiger partial charge in [0.2, 0.25) is 0 Å². The first-order valence-electron chi connectivity index (χ1n) is 5.96. The summed E-state index contributed by atoms with van der Waals surface area (Å²) in [4.78, 5) is 0. The van der Waals surface area contributed by atoms with Crippen LogP contribution in [0, 0.1) is 6.92 Å². The van der Waals surface area contributed by atoms with Gasteiger partial charge in [0.25, 0.3) is 0 Å². The van der Waals surface area contributed by atoms with Gasteiger partial charge in [-0.15, -0.1) is 5.10 Å². The van der Waals surface area contributed by atoms with Gasteiger partial charge >= 0.3 is 0 Å². The molecule has 0 spiro atoms. The van der Waals surface area contributed by atoms with Crippen LogP contribution < -0.4 is 0 Å². The SMILES string of the molecule is Cc1ccc2c(c1)c1ccccc1n1nncc21. The van der Waals surface area contributed by atoms with E-state index in [2.05, 4.69) is 53.6 Å². The Labute approximate surface area is 104 Å². The summed E-state index contributed by atoms with van der Waals surface area (Å²) in [5, 5.41) is 11.9. The standard InChI is InChI=1S/C15H11N3/c1-10-6-7-12-13(8-10)11-4-2-3-5-14(11)18-15(12)9-16-17-18/h2-9H,1H3. The van der Waals surface area contributed by atoms with Crippen LogP contribution in [0.4, 0.5) is 0 Å². The predicted molar refractivity (Wildman–Crippen MR) is 72.7 cm³/mol. The second kappa shape index (κ2) is 3.29. The number of para-hydroxylation sites is 1. The Hall–Kier alpha value is -2.42. The van der Waals surface area contributed by atoms with E-state index in [4.69, 9.17) is 0 Å². The van der Waals surface area contributed by atoms with Gasteiger partial charge in [0.15, 0.2) is 0 Å². The van der Waals surface area contributed by atoms with E-state index in [9.17, 15) is 0 Å². The zero-order valence-corrected chi connectivity index (χ0v) is 9.96. The number of aryl methyl sites for hydroxylation is 1. The van der Waals surface area contributed by atoms with Crippen LogP contribution in [0.3, 0.4) is 0 Å². The number of pyridine rings is 1. The van der Waals surface area contributed by atoms with Gasteiger partial charge in [-0.3, -0.25) is 0 Å². The van der Waals surface area contributed by atoms with Crippen LogP contribution in [0.5, 0.6) is 0 Å². The molecular weight excluding hydrogens is 222 g/mol. The molecule has 3 nitrogen and oxygen atoms in total. The van der Waals surface area contributed by atoms with Gasteiger partial charge in [-0.2, -0.15) is 0 Å². The summed E-state index contributed by atoms with van der Waals surface area (Å²) < 4.78 is 1.91. The first-order chi connectivity index (χ1) is 8.84. The van der Waals surface area contributed by atoms with Crippen molar-refractivity contribution in [3.63, 3.8) is 0 Å². The Morgan fingerprint density at radius 2 is 1.72 bits per heavy atom. The lowest BCUT2D eigenvalue weighted by Crippen LogP contribution is -1.92. The van der Waals surface area contributed by atoms with E-state index in [1.165, 1.54) is 21.7 Å². The molecule has 86 valence electrons. The average molecular weight is 233 g/mol. The van der Waals surface area contributed by atoms with Gasteiger partial charge in [-0.25, -0.2) is 4.52 Å². The van der Waals surface area contributed by atoms with Gasteiger partial charge in [0.05, 0.1) is 17.2 Å². The molecule has 18 heavy (non-hydrogen) atoms. The molecule has 2 heterocycles. The first-order valence-corrected chi connectivity index (χ1v) is 5.96. The Kier molecular flexibility index (Phi) is 1.75. The van der Waals surface area contributed by atoms with Crippen molar-refractivity contribution >= 4 is 27.2 Å². The number of benzene rings is 2. The maximum absolute atomic E-state index is 4.19. The lowest BCUT2D eigenvalue weighted by atomic mass is 10.0. The van der Waals surface area contributed by atoms with Gasteiger partial charge in [-0.1, -0.05) is 47.2 Å². The van der Waals surface area contributed by atoms with Gasteiger partial charge in [0.1, 0.15) is 0 Å². The number of rotatable bonds is 0. The molecule has 0 unspecified atom stereocenters. The average Bonchev–Trinajstić information content (AvgIpc) is 2.88. The van der Waals surface area contributed by atoms with Crippen LogP contribution in [-0.2, 0) is 0 Å². The minimum absolute atomic E-state index is 1.06. The summed E-state index contributed by atoms with van der Waals surface area (Å²) >= 11 is 0. The Bertz CT molecular complexity index is 890. The summed E-state index contributed by atoms with van der Waals surface area (Å²) in [5.74, 6) is 0. The molecule has 0 N–H and O–H groups in total. The highest BCUT2D eigenvalue weighted by Gasteiger charge is 2.08. The molecule has 4 rings (SSSR count). The Morgan fingerprint density at radius 1 is 0.889 bits per heavy atom. The molecule has 0 saturated carbocycles. The third-order valence-corrected chi connectivity index (χ3v) is 3.42. The molecule has 3 heteroatoms. The summed E-state index contributed by atoms with van der Waals surface area (Å²) in [6, 6.07) is 14.8. The summed E-state index contributed by atoms with van der Waals surface area (Å²) in [6.07, 6.45) is 1.82. The van der Waals surface area contributed by atoms with Crippen LogP contribution in [0.15, 0.2) is 48.7 Å². The van der Waals surface area contributed by atoms with E-state index in [0.717, 1.165) is 11.0 Å². The van der Waals surface area contributed by atoms with Crippen molar-refractivity contribution in [2.75, 3.05) is 0 Å². The summed E-state index contributed by atoms with van der Waals surface area (Å²) in [5.41, 5.74) is 3.43. The minimum atomic E-state index is 1.06. The Balaban J connectivity index is 2.44. The second-order valence-electron chi connectivity index (χ2n) is 4.60. The minimum Gasteiger partial charge on any atom is -0.212 e. The van der Waals surface area contributed by atoms with Crippen LogP contribution in [0.25, 0.3) is 27.2 Å². The topological polar surface area (TPSA) is 30.2 Å². The lowest BCUT2D eigenvalue weighted by molar-refractivity contribution is 0.884. The van der Waals surface area contributed by atoms with Crippen LogP contribution in [-0.4, -0.2) is 14.8 Å². The monoisotopic (exact) mass is 233 g/mol. The maximum atomic E-state index is 4.19. The highest BCUT2D eigenvalue weighted by molar-refractivity contribution is 6.12. The highest BCUT2D eigenvalue weighted by Crippen LogP contribution is 2.29. The second-order valence-corrected chi connectivity index (χ2v) is 4.60. The fourth-order valence-corrected chi connectivity index (χ4v) is 2.59. The van der Waals surface area contributed by atoms with Crippen LogP contribution >= 0.6 is 0 Å². The molecule has 4 aromatic rings. The Morgan fingerprint density at radius 3 is 2.67 bits per heavy atom. The van der Waals surface area contributed by atoms with Crippen molar-refractivity contribution in [2.45, 2.75) is 6.92 Å². The van der Waals surface area contributed by atoms with Gasteiger partial charge in [0, 0.05) is 10.8 Å². The van der Waals surface area contributed by atoms with Crippen molar-refractivity contribution in [2.24, 2.45) is 0 Å². The van der Waals surface area contributed by atoms with E-state index in [1.54, 1.807) is 0 Å². The van der Waals surface area contributed by atoms with Crippen molar-refractivity contribution < 1.29 is 0 Å². The zero-order chi connectivity index (χ0) is 12.1. The van der Waals surface area contributed by atoms with E-state index in [1.807, 2.05) is 16.8 Å². The van der Waals surface area contributed by atoms with Gasteiger partial charge < -0.3 is 0 Å². The predicted octanol–water partition coefficient (Wildman–Crippen LogP) is 3.34. The van der Waals surface area contributed by atoms with Crippen LogP contribution in [0.2, 0.25) is 0 Å². The van der Waals surface area contributed by atoms with Crippen molar-refractivity contribution in [3.8, 4) is 0 Å². The summed E-state index contributed by atoms with van der Waals surface area (Å²) in [6.45, 7) is 2.12. The highest BCUT2D eigenvalue weighted by atomic mass is 15.4. The quantitative estimate of drug-likeness (QED) is 0.436. The maximum Gasteiger partial charge on any atom is 0.0950 e. The molecule has 0 bridgehead atoms. The molecule has 0 radical (unpaired) electrons. The van der Waals surface area contributed by atoms with E-state index < -0.39 is 0 Å². The molecule has 0 saturated heterocycles. The number of hydrogen-bond donors (Lipinski definition) is 0. The van der Waals surface area contributed by atoms with Crippen molar-refractivity contribution in [1.29, 1.82) is 0 Å². The number of nitrogens with zero attached hydrogens (tertiary/aromatic N) is 3. The zero-order valence-electron chi connectivity index (χ0n) is 9.96. The van der Waals surface area contributed by atoms with E-state index >= 15 is 0 Å². The molecule has 0 aliphatic rings.